The average Bonchev–Trinajstić information content (AvgIpc) is 3.24. The summed E-state index contributed by atoms with van der Waals surface area (Å²) in [7, 11) is 0. The average molecular weight is 486 g/mol. The van der Waals surface area contributed by atoms with Gasteiger partial charge in [-0.25, -0.2) is 0 Å². The number of hydrogen-bond donors (Lipinski definition) is 0. The molecule has 1 aliphatic heterocycles. The molecule has 33 heavy (non-hydrogen) atoms. The minimum Gasteiger partial charge on any atom is -0.543 e. The first kappa shape index (κ1) is 24.0. The van der Waals surface area contributed by atoms with Crippen LogP contribution in [-0.2, 0) is 13.0 Å². The van der Waals surface area contributed by atoms with Crippen molar-refractivity contribution >= 4 is 28.5 Å². The van der Waals surface area contributed by atoms with E-state index in [-0.39, 0.29) is 87.8 Å². The van der Waals surface area contributed by atoms with Crippen LogP contribution in [0.3, 0.4) is 0 Å². The van der Waals surface area contributed by atoms with E-state index in [9.17, 15) is 14.7 Å². The molecule has 6 nitrogen and oxygen atoms in total. The molecule has 0 unspecified atom stereocenters. The standard InChI is InChI=1S/C25H18ClNO5.K/c26-19-12-22-21(31-14-32-22)11-16(19)13-27-20-9-5-4-8-17(20)24(28)18(23(27)25(29)30)10-15-6-2-1-3-7-15;/h1-9,11-12H,10,13-14H2,(H,29,30);/q;+1/p-1. The van der Waals surface area contributed by atoms with Crippen molar-refractivity contribution in [3.63, 3.8) is 0 Å². The zero-order valence-corrected chi connectivity index (χ0v) is 21.7. The van der Waals surface area contributed by atoms with Crippen LogP contribution in [0.15, 0.2) is 71.5 Å². The second-order valence-corrected chi connectivity index (χ2v) is 7.91. The van der Waals surface area contributed by atoms with Crippen molar-refractivity contribution in [2.75, 3.05) is 6.79 Å². The van der Waals surface area contributed by atoms with Crippen LogP contribution < -0.4 is 71.4 Å². The molecule has 0 saturated heterocycles. The van der Waals surface area contributed by atoms with E-state index in [4.69, 9.17) is 21.1 Å². The van der Waals surface area contributed by atoms with Gasteiger partial charge < -0.3 is 23.9 Å². The number of fused-ring (bicyclic) bond motifs is 2. The summed E-state index contributed by atoms with van der Waals surface area (Å²) in [6.07, 6.45) is 0.169. The third-order valence-corrected chi connectivity index (χ3v) is 5.91. The Morgan fingerprint density at radius 2 is 1.67 bits per heavy atom. The molecular weight excluding hydrogens is 469 g/mol. The Hall–Kier alpha value is -2.13. The van der Waals surface area contributed by atoms with Gasteiger partial charge in [-0.1, -0.05) is 54.1 Å². The van der Waals surface area contributed by atoms with Crippen molar-refractivity contribution in [2.45, 2.75) is 13.0 Å². The molecule has 0 bridgehead atoms. The fourth-order valence-electron chi connectivity index (χ4n) is 4.07. The van der Waals surface area contributed by atoms with E-state index >= 15 is 0 Å². The van der Waals surface area contributed by atoms with E-state index in [1.165, 1.54) is 0 Å². The molecule has 8 heteroatoms. The molecule has 0 aliphatic carbocycles. The summed E-state index contributed by atoms with van der Waals surface area (Å²) in [6, 6.07) is 19.6. The molecule has 0 atom stereocenters. The van der Waals surface area contributed by atoms with Gasteiger partial charge in [0.15, 0.2) is 16.9 Å². The zero-order valence-electron chi connectivity index (χ0n) is 17.8. The quantitative estimate of drug-likeness (QED) is 0.382. The summed E-state index contributed by atoms with van der Waals surface area (Å²) in [6.45, 7) is 0.211. The molecule has 3 aromatic carbocycles. The number of carbonyl (C=O) groups excluding carboxylic acids is 1. The molecule has 0 radical (unpaired) electrons. The van der Waals surface area contributed by atoms with E-state index < -0.39 is 5.97 Å². The Bertz CT molecular complexity index is 1420. The van der Waals surface area contributed by atoms with Crippen molar-refractivity contribution in [3.8, 4) is 11.5 Å². The molecular formula is C25H17ClKNO5. The summed E-state index contributed by atoms with van der Waals surface area (Å²) in [4.78, 5) is 25.7. The van der Waals surface area contributed by atoms with Crippen LogP contribution in [0, 0.1) is 0 Å². The van der Waals surface area contributed by atoms with Crippen molar-refractivity contribution in [3.05, 3.63) is 104 Å². The molecule has 0 saturated carbocycles. The Kier molecular flexibility index (Phi) is 7.28. The van der Waals surface area contributed by atoms with Crippen LogP contribution in [0.2, 0.25) is 5.02 Å². The van der Waals surface area contributed by atoms with Crippen molar-refractivity contribution < 1.29 is 70.8 Å². The molecule has 0 spiro atoms. The van der Waals surface area contributed by atoms with Crippen molar-refractivity contribution in [2.24, 2.45) is 0 Å². The van der Waals surface area contributed by atoms with Gasteiger partial charge in [0, 0.05) is 35.0 Å². The van der Waals surface area contributed by atoms with Crippen molar-refractivity contribution in [1.29, 1.82) is 0 Å². The largest absolute Gasteiger partial charge is 1.00 e. The maximum absolute atomic E-state index is 13.3. The maximum Gasteiger partial charge on any atom is 1.00 e. The monoisotopic (exact) mass is 485 g/mol. The van der Waals surface area contributed by atoms with Gasteiger partial charge in [-0.15, -0.1) is 0 Å². The van der Waals surface area contributed by atoms with Gasteiger partial charge in [0.25, 0.3) is 0 Å². The van der Waals surface area contributed by atoms with E-state index in [1.54, 1.807) is 41.0 Å². The summed E-state index contributed by atoms with van der Waals surface area (Å²) in [5, 5.41) is 13.2. The Morgan fingerprint density at radius 1 is 1.00 bits per heavy atom. The van der Waals surface area contributed by atoms with Crippen LogP contribution in [-0.4, -0.2) is 17.3 Å². The van der Waals surface area contributed by atoms with E-state index in [0.29, 0.717) is 33.0 Å². The topological polar surface area (TPSA) is 80.6 Å². The number of aromatic nitrogens is 1. The number of carboxylic acid groups (broad SMARTS) is 1. The number of halogens is 1. The number of ether oxygens (including phenoxy) is 2. The number of para-hydroxylation sites is 1. The molecule has 4 aromatic rings. The van der Waals surface area contributed by atoms with Gasteiger partial charge in [-0.05, 0) is 29.3 Å². The van der Waals surface area contributed by atoms with Gasteiger partial charge in [0.1, 0.15) is 0 Å². The first-order valence-electron chi connectivity index (χ1n) is 10.0. The molecule has 2 heterocycles. The van der Waals surface area contributed by atoms with E-state index in [1.807, 2.05) is 30.3 Å². The van der Waals surface area contributed by atoms with E-state index in [2.05, 4.69) is 0 Å². The molecule has 0 fully saturated rings. The molecule has 0 amide bonds. The Labute approximate surface area is 237 Å². The van der Waals surface area contributed by atoms with E-state index in [0.717, 1.165) is 5.56 Å². The number of pyridine rings is 1. The van der Waals surface area contributed by atoms with Crippen molar-refractivity contribution in [1.82, 2.24) is 4.57 Å². The summed E-state index contributed by atoms with van der Waals surface area (Å²) < 4.78 is 12.4. The van der Waals surface area contributed by atoms with Crippen LogP contribution in [0.25, 0.3) is 10.9 Å². The normalized spacial score (nSPS) is 11.9. The molecule has 1 aliphatic rings. The van der Waals surface area contributed by atoms with Crippen LogP contribution in [0.4, 0.5) is 0 Å². The smallest absolute Gasteiger partial charge is 0.543 e. The number of carbonyl (C=O) groups is 1. The number of carboxylic acids is 1. The predicted molar refractivity (Wildman–Crippen MR) is 118 cm³/mol. The molecule has 1 aromatic heterocycles. The molecule has 0 N–H and O–H groups in total. The van der Waals surface area contributed by atoms with Crippen LogP contribution in [0.1, 0.15) is 27.2 Å². The number of benzene rings is 3. The summed E-state index contributed by atoms with van der Waals surface area (Å²) >= 11 is 6.47. The first-order valence-corrected chi connectivity index (χ1v) is 10.4. The van der Waals surface area contributed by atoms with Gasteiger partial charge in [0.05, 0.1) is 17.2 Å². The fourth-order valence-corrected chi connectivity index (χ4v) is 4.28. The SMILES string of the molecule is O=C([O-])c1c(Cc2ccccc2)c(=O)c2ccccc2n1Cc1cc2c(cc1Cl)OCO2.[K+]. The number of aromatic carboxylic acids is 1. The molecule has 5 rings (SSSR count). The second kappa shape index (κ2) is 10.0. The first-order chi connectivity index (χ1) is 15.5. The Balaban J connectivity index is 0.00000259. The number of rotatable bonds is 5. The maximum atomic E-state index is 13.3. The third kappa shape index (κ3) is 4.62. The molecule has 160 valence electrons. The number of nitrogens with zero attached hydrogens (tertiary/aromatic N) is 1. The van der Waals surface area contributed by atoms with Crippen LogP contribution >= 0.6 is 11.6 Å². The van der Waals surface area contributed by atoms with Gasteiger partial charge in [-0.2, -0.15) is 0 Å². The summed E-state index contributed by atoms with van der Waals surface area (Å²) in [5.41, 5.74) is 1.64. The van der Waals surface area contributed by atoms with Gasteiger partial charge >= 0.3 is 51.4 Å². The minimum absolute atomic E-state index is 0. The van der Waals surface area contributed by atoms with Gasteiger partial charge in [0.2, 0.25) is 6.79 Å². The summed E-state index contributed by atoms with van der Waals surface area (Å²) in [5.74, 6) is -0.349. The predicted octanol–water partition coefficient (Wildman–Crippen LogP) is 0.390. The Morgan fingerprint density at radius 3 is 2.39 bits per heavy atom. The zero-order chi connectivity index (χ0) is 22.2. The number of hydrogen-bond acceptors (Lipinski definition) is 5. The van der Waals surface area contributed by atoms with Gasteiger partial charge in [-0.3, -0.25) is 4.79 Å². The minimum atomic E-state index is -1.42. The fraction of sp³-hybridized carbons (Fsp3) is 0.120. The second-order valence-electron chi connectivity index (χ2n) is 7.51. The van der Waals surface area contributed by atoms with Crippen LogP contribution in [0.5, 0.6) is 11.5 Å². The third-order valence-electron chi connectivity index (χ3n) is 5.56.